The number of rotatable bonds is 1. The molecule has 1 aliphatic heterocycles. The highest BCUT2D eigenvalue weighted by atomic mass is 35.5. The Morgan fingerprint density at radius 3 is 2.71 bits per heavy atom. The first kappa shape index (κ1) is 10.5. The summed E-state index contributed by atoms with van der Waals surface area (Å²) in [6, 6.07) is 15.7. The molecule has 0 saturated heterocycles. The largest absolute Gasteiger partial charge is 0.482 e. The van der Waals surface area contributed by atoms with Gasteiger partial charge in [0, 0.05) is 10.6 Å². The van der Waals surface area contributed by atoms with E-state index >= 15 is 0 Å². The Balaban J connectivity index is 1.92. The van der Waals surface area contributed by atoms with E-state index < -0.39 is 0 Å². The van der Waals surface area contributed by atoms with Gasteiger partial charge in [-0.3, -0.25) is 0 Å². The maximum absolute atomic E-state index is 6.18. The summed E-state index contributed by atoms with van der Waals surface area (Å²) in [4.78, 5) is 0. The number of hydrogen-bond acceptors (Lipinski definition) is 2. The second-order valence-corrected chi connectivity index (χ2v) is 4.41. The standard InChI is InChI=1S/C14H12ClNO/c15-11-6-2-1-5-10(11)14-9-16-12-7-3-4-8-13(12)17-14/h1-8,14,16H,9H2. The SMILES string of the molecule is Clc1ccccc1C1CNc2ccccc2O1. The molecule has 3 heteroatoms. The molecule has 1 unspecified atom stereocenters. The molecule has 0 saturated carbocycles. The highest BCUT2D eigenvalue weighted by Crippen LogP contribution is 2.35. The lowest BCUT2D eigenvalue weighted by molar-refractivity contribution is 0.210. The van der Waals surface area contributed by atoms with E-state index in [0.717, 1.165) is 28.6 Å². The lowest BCUT2D eigenvalue weighted by Crippen LogP contribution is -2.23. The summed E-state index contributed by atoms with van der Waals surface area (Å²) in [6.45, 7) is 0.737. The molecule has 1 aliphatic rings. The van der Waals surface area contributed by atoms with Gasteiger partial charge < -0.3 is 10.1 Å². The van der Waals surface area contributed by atoms with E-state index in [2.05, 4.69) is 5.32 Å². The van der Waals surface area contributed by atoms with Crippen molar-refractivity contribution in [1.82, 2.24) is 0 Å². The lowest BCUT2D eigenvalue weighted by Gasteiger charge is -2.28. The van der Waals surface area contributed by atoms with Gasteiger partial charge in [-0.1, -0.05) is 41.9 Å². The predicted octanol–water partition coefficient (Wildman–Crippen LogP) is 3.89. The van der Waals surface area contributed by atoms with Gasteiger partial charge in [-0.05, 0) is 18.2 Å². The topological polar surface area (TPSA) is 21.3 Å². The van der Waals surface area contributed by atoms with Crippen LogP contribution in [-0.2, 0) is 0 Å². The summed E-state index contributed by atoms with van der Waals surface area (Å²) in [5.74, 6) is 0.878. The van der Waals surface area contributed by atoms with Crippen LogP contribution in [0.5, 0.6) is 5.75 Å². The zero-order valence-corrected chi connectivity index (χ0v) is 9.95. The first-order valence-electron chi connectivity index (χ1n) is 5.58. The minimum atomic E-state index is -0.0291. The monoisotopic (exact) mass is 245 g/mol. The van der Waals surface area contributed by atoms with Crippen LogP contribution in [-0.4, -0.2) is 6.54 Å². The molecule has 2 nitrogen and oxygen atoms in total. The molecule has 1 N–H and O–H groups in total. The summed E-state index contributed by atoms with van der Waals surface area (Å²) in [6.07, 6.45) is -0.0291. The Hall–Kier alpha value is -1.67. The minimum absolute atomic E-state index is 0.0291. The van der Waals surface area contributed by atoms with E-state index in [4.69, 9.17) is 16.3 Å². The van der Waals surface area contributed by atoms with Gasteiger partial charge in [0.05, 0.1) is 12.2 Å². The zero-order chi connectivity index (χ0) is 11.7. The molecule has 0 radical (unpaired) electrons. The number of ether oxygens (including phenoxy) is 1. The molecule has 2 aromatic carbocycles. The van der Waals surface area contributed by atoms with Crippen LogP contribution in [0.25, 0.3) is 0 Å². The van der Waals surface area contributed by atoms with Crippen molar-refractivity contribution in [3.8, 4) is 5.75 Å². The van der Waals surface area contributed by atoms with Gasteiger partial charge in [0.25, 0.3) is 0 Å². The molecule has 3 rings (SSSR count). The highest BCUT2D eigenvalue weighted by molar-refractivity contribution is 6.31. The fourth-order valence-electron chi connectivity index (χ4n) is 2.02. The number of fused-ring (bicyclic) bond motifs is 1. The van der Waals surface area contributed by atoms with E-state index in [9.17, 15) is 0 Å². The van der Waals surface area contributed by atoms with Crippen LogP contribution in [0.1, 0.15) is 11.7 Å². The fourth-order valence-corrected chi connectivity index (χ4v) is 2.28. The quantitative estimate of drug-likeness (QED) is 0.823. The minimum Gasteiger partial charge on any atom is -0.482 e. The fraction of sp³-hybridized carbons (Fsp3) is 0.143. The summed E-state index contributed by atoms with van der Waals surface area (Å²) >= 11 is 6.18. The second-order valence-electron chi connectivity index (χ2n) is 4.01. The van der Waals surface area contributed by atoms with E-state index in [1.807, 2.05) is 48.5 Å². The second kappa shape index (κ2) is 4.30. The first-order chi connectivity index (χ1) is 8.34. The Bertz CT molecular complexity index is 541. The number of hydrogen-bond donors (Lipinski definition) is 1. The maximum Gasteiger partial charge on any atom is 0.143 e. The number of nitrogens with one attached hydrogen (secondary N) is 1. The van der Waals surface area contributed by atoms with Crippen LogP contribution in [0, 0.1) is 0 Å². The molecule has 86 valence electrons. The van der Waals surface area contributed by atoms with Crippen molar-refractivity contribution in [3.63, 3.8) is 0 Å². The van der Waals surface area contributed by atoms with Gasteiger partial charge in [-0.25, -0.2) is 0 Å². The summed E-state index contributed by atoms with van der Waals surface area (Å²) in [7, 11) is 0. The molecule has 0 aliphatic carbocycles. The van der Waals surface area contributed by atoms with Crippen LogP contribution in [0.4, 0.5) is 5.69 Å². The van der Waals surface area contributed by atoms with Crippen LogP contribution >= 0.6 is 11.6 Å². The van der Waals surface area contributed by atoms with Gasteiger partial charge in [0.15, 0.2) is 0 Å². The lowest BCUT2D eigenvalue weighted by atomic mass is 10.1. The van der Waals surface area contributed by atoms with Crippen molar-refractivity contribution in [3.05, 3.63) is 59.1 Å². The van der Waals surface area contributed by atoms with E-state index in [0.29, 0.717) is 0 Å². The summed E-state index contributed by atoms with van der Waals surface area (Å²) in [5, 5.41) is 4.10. The van der Waals surface area contributed by atoms with E-state index in [1.165, 1.54) is 0 Å². The Morgan fingerprint density at radius 1 is 1.06 bits per heavy atom. The predicted molar refractivity (Wildman–Crippen MR) is 69.8 cm³/mol. The normalized spacial score (nSPS) is 17.8. The smallest absolute Gasteiger partial charge is 0.143 e. The molecule has 2 aromatic rings. The molecular weight excluding hydrogens is 234 g/mol. The third kappa shape index (κ3) is 1.96. The first-order valence-corrected chi connectivity index (χ1v) is 5.96. The Kier molecular flexibility index (Phi) is 2.65. The summed E-state index contributed by atoms with van der Waals surface area (Å²) in [5.41, 5.74) is 2.06. The molecule has 17 heavy (non-hydrogen) atoms. The van der Waals surface area contributed by atoms with E-state index in [1.54, 1.807) is 0 Å². The van der Waals surface area contributed by atoms with Crippen LogP contribution < -0.4 is 10.1 Å². The van der Waals surface area contributed by atoms with E-state index in [-0.39, 0.29) is 6.10 Å². The van der Waals surface area contributed by atoms with Crippen molar-refractivity contribution in [1.29, 1.82) is 0 Å². The number of benzene rings is 2. The Morgan fingerprint density at radius 2 is 1.82 bits per heavy atom. The van der Waals surface area contributed by atoms with Crippen molar-refractivity contribution in [2.45, 2.75) is 6.10 Å². The third-order valence-corrected chi connectivity index (χ3v) is 3.23. The van der Waals surface area contributed by atoms with Gasteiger partial charge in [-0.2, -0.15) is 0 Å². The number of anilines is 1. The molecule has 1 heterocycles. The molecule has 0 fully saturated rings. The third-order valence-electron chi connectivity index (χ3n) is 2.89. The van der Waals surface area contributed by atoms with Crippen molar-refractivity contribution >= 4 is 17.3 Å². The van der Waals surface area contributed by atoms with Gasteiger partial charge >= 0.3 is 0 Å². The molecular formula is C14H12ClNO. The van der Waals surface area contributed by atoms with Crippen LogP contribution in [0.15, 0.2) is 48.5 Å². The van der Waals surface area contributed by atoms with Crippen LogP contribution in [0.2, 0.25) is 5.02 Å². The molecule has 0 spiro atoms. The molecule has 1 atom stereocenters. The van der Waals surface area contributed by atoms with Gasteiger partial charge in [0.1, 0.15) is 11.9 Å². The Labute approximate surface area is 105 Å². The van der Waals surface area contributed by atoms with Crippen molar-refractivity contribution in [2.24, 2.45) is 0 Å². The number of para-hydroxylation sites is 2. The van der Waals surface area contributed by atoms with Gasteiger partial charge in [0.2, 0.25) is 0 Å². The molecule has 0 aromatic heterocycles. The number of halogens is 1. The van der Waals surface area contributed by atoms with Gasteiger partial charge in [-0.15, -0.1) is 0 Å². The summed E-state index contributed by atoms with van der Waals surface area (Å²) < 4.78 is 5.95. The van der Waals surface area contributed by atoms with Crippen LogP contribution in [0.3, 0.4) is 0 Å². The average Bonchev–Trinajstić information content (AvgIpc) is 2.39. The highest BCUT2D eigenvalue weighted by Gasteiger charge is 2.21. The van der Waals surface area contributed by atoms with Crippen molar-refractivity contribution < 1.29 is 4.74 Å². The maximum atomic E-state index is 6.18. The average molecular weight is 246 g/mol. The van der Waals surface area contributed by atoms with Crippen molar-refractivity contribution in [2.75, 3.05) is 11.9 Å². The molecule has 0 amide bonds. The zero-order valence-electron chi connectivity index (χ0n) is 9.19. The molecule has 0 bridgehead atoms.